The van der Waals surface area contributed by atoms with Crippen molar-refractivity contribution in [2.24, 2.45) is 0 Å². The van der Waals surface area contributed by atoms with Crippen molar-refractivity contribution < 1.29 is 9.90 Å². The predicted octanol–water partition coefficient (Wildman–Crippen LogP) is 1.51. The first kappa shape index (κ1) is 14.3. The van der Waals surface area contributed by atoms with E-state index in [0.717, 1.165) is 19.3 Å². The third kappa shape index (κ3) is 3.90. The first-order valence-corrected chi connectivity index (χ1v) is 6.21. The highest BCUT2D eigenvalue weighted by molar-refractivity contribution is 5.94. The van der Waals surface area contributed by atoms with E-state index in [2.05, 4.69) is 11.9 Å². The van der Waals surface area contributed by atoms with Gasteiger partial charge in [-0.3, -0.25) is 4.79 Å². The zero-order chi connectivity index (χ0) is 13.4. The number of aliphatic hydroxyl groups excluding tert-OH is 1. The van der Waals surface area contributed by atoms with Crippen LogP contribution in [-0.4, -0.2) is 40.6 Å². The molecule has 1 aromatic rings. The van der Waals surface area contributed by atoms with Gasteiger partial charge in [0.25, 0.3) is 5.91 Å². The van der Waals surface area contributed by atoms with Crippen LogP contribution in [0.2, 0.25) is 0 Å². The fourth-order valence-electron chi connectivity index (χ4n) is 1.75. The Morgan fingerprint density at radius 2 is 2.28 bits per heavy atom. The molecule has 0 radical (unpaired) electrons. The smallest absolute Gasteiger partial charge is 0.255 e. The second kappa shape index (κ2) is 7.51. The molecule has 1 heterocycles. The van der Waals surface area contributed by atoms with Gasteiger partial charge in [0, 0.05) is 19.3 Å². The van der Waals surface area contributed by atoms with E-state index in [-0.39, 0.29) is 12.5 Å². The van der Waals surface area contributed by atoms with E-state index < -0.39 is 0 Å². The van der Waals surface area contributed by atoms with Crippen molar-refractivity contribution in [2.75, 3.05) is 19.7 Å². The molecular weight excluding hydrogens is 230 g/mol. The molecule has 1 aromatic heterocycles. The van der Waals surface area contributed by atoms with Gasteiger partial charge in [-0.1, -0.05) is 19.8 Å². The Hall–Kier alpha value is -1.80. The Kier molecular flexibility index (Phi) is 5.95. The van der Waals surface area contributed by atoms with E-state index in [0.29, 0.717) is 24.3 Å². The number of nitriles is 1. The molecule has 0 saturated heterocycles. The summed E-state index contributed by atoms with van der Waals surface area (Å²) in [7, 11) is 0. The maximum Gasteiger partial charge on any atom is 0.255 e. The molecule has 18 heavy (non-hydrogen) atoms. The van der Waals surface area contributed by atoms with Crippen LogP contribution in [0.15, 0.2) is 12.3 Å². The fourth-order valence-corrected chi connectivity index (χ4v) is 1.75. The number of nitrogens with zero attached hydrogens (tertiary/aromatic N) is 2. The summed E-state index contributed by atoms with van der Waals surface area (Å²) in [4.78, 5) is 16.5. The van der Waals surface area contributed by atoms with Gasteiger partial charge in [0.2, 0.25) is 0 Å². The number of aromatic amines is 1. The Balaban J connectivity index is 2.66. The second-order valence-corrected chi connectivity index (χ2v) is 4.14. The van der Waals surface area contributed by atoms with Crippen molar-refractivity contribution in [1.29, 1.82) is 5.26 Å². The molecule has 1 amide bonds. The Morgan fingerprint density at radius 3 is 2.83 bits per heavy atom. The summed E-state index contributed by atoms with van der Waals surface area (Å²) in [5, 5.41) is 17.7. The number of carbonyl (C=O) groups is 1. The van der Waals surface area contributed by atoms with Gasteiger partial charge >= 0.3 is 0 Å². The largest absolute Gasteiger partial charge is 0.395 e. The predicted molar refractivity (Wildman–Crippen MR) is 68.0 cm³/mol. The van der Waals surface area contributed by atoms with E-state index in [4.69, 9.17) is 10.4 Å². The third-order valence-corrected chi connectivity index (χ3v) is 2.74. The lowest BCUT2D eigenvalue weighted by Gasteiger charge is -2.21. The first-order chi connectivity index (χ1) is 8.72. The van der Waals surface area contributed by atoms with E-state index in [9.17, 15) is 4.79 Å². The molecule has 0 atom stereocenters. The van der Waals surface area contributed by atoms with Gasteiger partial charge in [0.15, 0.2) is 0 Å². The summed E-state index contributed by atoms with van der Waals surface area (Å²) in [6, 6.07) is 3.48. The summed E-state index contributed by atoms with van der Waals surface area (Å²) in [6.45, 7) is 3.02. The summed E-state index contributed by atoms with van der Waals surface area (Å²) < 4.78 is 0. The zero-order valence-electron chi connectivity index (χ0n) is 10.6. The fraction of sp³-hybridized carbons (Fsp3) is 0.538. The Labute approximate surface area is 107 Å². The van der Waals surface area contributed by atoms with Gasteiger partial charge in [-0.25, -0.2) is 0 Å². The minimum absolute atomic E-state index is 0.0482. The van der Waals surface area contributed by atoms with Crippen LogP contribution in [-0.2, 0) is 0 Å². The molecule has 0 saturated carbocycles. The quantitative estimate of drug-likeness (QED) is 0.719. The molecular formula is C13H19N3O2. The number of rotatable bonds is 7. The molecule has 98 valence electrons. The molecule has 5 heteroatoms. The van der Waals surface area contributed by atoms with Crippen LogP contribution in [0, 0.1) is 11.3 Å². The topological polar surface area (TPSA) is 80.1 Å². The van der Waals surface area contributed by atoms with Crippen LogP contribution in [0.1, 0.15) is 42.2 Å². The molecule has 0 aromatic carbocycles. The van der Waals surface area contributed by atoms with Gasteiger partial charge in [0.1, 0.15) is 11.8 Å². The summed E-state index contributed by atoms with van der Waals surface area (Å²) in [5.41, 5.74) is 0.840. The number of hydrogen-bond acceptors (Lipinski definition) is 3. The maximum absolute atomic E-state index is 12.1. The number of carbonyl (C=O) groups excluding carboxylic acids is 1. The van der Waals surface area contributed by atoms with Gasteiger partial charge in [-0.2, -0.15) is 5.26 Å². The first-order valence-electron chi connectivity index (χ1n) is 6.21. The van der Waals surface area contributed by atoms with Crippen molar-refractivity contribution in [3.8, 4) is 6.07 Å². The van der Waals surface area contributed by atoms with E-state index in [1.165, 1.54) is 12.3 Å². The standard InChI is InChI=1S/C13H19N3O2/c1-2-3-4-5-16(6-7-17)13(18)11-8-12(9-14)15-10-11/h8,10,15,17H,2-7H2,1H3. The number of hydrogen-bond donors (Lipinski definition) is 2. The number of amides is 1. The van der Waals surface area contributed by atoms with Crippen LogP contribution >= 0.6 is 0 Å². The molecule has 0 aliphatic heterocycles. The maximum atomic E-state index is 12.1. The van der Waals surface area contributed by atoms with Gasteiger partial charge in [0.05, 0.1) is 12.2 Å². The normalized spacial score (nSPS) is 10.1. The van der Waals surface area contributed by atoms with Crippen molar-refractivity contribution >= 4 is 5.91 Å². The van der Waals surface area contributed by atoms with Crippen LogP contribution in [0.5, 0.6) is 0 Å². The SMILES string of the molecule is CCCCCN(CCO)C(=O)c1c[nH]c(C#N)c1. The summed E-state index contributed by atoms with van der Waals surface area (Å²) >= 11 is 0. The lowest BCUT2D eigenvalue weighted by molar-refractivity contribution is 0.0719. The highest BCUT2D eigenvalue weighted by Crippen LogP contribution is 2.08. The second-order valence-electron chi connectivity index (χ2n) is 4.14. The molecule has 2 N–H and O–H groups in total. The molecule has 1 rings (SSSR count). The number of unbranched alkanes of at least 4 members (excludes halogenated alkanes) is 2. The highest BCUT2D eigenvalue weighted by atomic mass is 16.3. The average molecular weight is 249 g/mol. The van der Waals surface area contributed by atoms with E-state index >= 15 is 0 Å². The summed E-state index contributed by atoms with van der Waals surface area (Å²) in [6.07, 6.45) is 4.61. The minimum atomic E-state index is -0.141. The van der Waals surface area contributed by atoms with Gasteiger partial charge in [-0.05, 0) is 12.5 Å². The Bertz CT molecular complexity index is 420. The zero-order valence-corrected chi connectivity index (χ0v) is 10.6. The van der Waals surface area contributed by atoms with Crippen LogP contribution in [0.3, 0.4) is 0 Å². The highest BCUT2D eigenvalue weighted by Gasteiger charge is 2.16. The molecule has 0 bridgehead atoms. The number of aliphatic hydroxyl groups is 1. The Morgan fingerprint density at radius 1 is 1.50 bits per heavy atom. The van der Waals surface area contributed by atoms with Crippen LogP contribution in [0.4, 0.5) is 0 Å². The molecule has 0 spiro atoms. The van der Waals surface area contributed by atoms with Crippen molar-refractivity contribution in [3.05, 3.63) is 23.5 Å². The molecule has 0 aliphatic rings. The number of nitrogens with one attached hydrogen (secondary N) is 1. The van der Waals surface area contributed by atoms with Crippen molar-refractivity contribution in [3.63, 3.8) is 0 Å². The average Bonchev–Trinajstić information content (AvgIpc) is 2.86. The van der Waals surface area contributed by atoms with Gasteiger partial charge in [-0.15, -0.1) is 0 Å². The van der Waals surface area contributed by atoms with Crippen LogP contribution < -0.4 is 0 Å². The van der Waals surface area contributed by atoms with E-state index in [1.807, 2.05) is 6.07 Å². The number of H-pyrrole nitrogens is 1. The molecule has 0 aliphatic carbocycles. The third-order valence-electron chi connectivity index (χ3n) is 2.74. The lowest BCUT2D eigenvalue weighted by Crippen LogP contribution is -2.34. The van der Waals surface area contributed by atoms with Crippen LogP contribution in [0.25, 0.3) is 0 Å². The molecule has 5 nitrogen and oxygen atoms in total. The number of aromatic nitrogens is 1. The van der Waals surface area contributed by atoms with E-state index in [1.54, 1.807) is 4.90 Å². The monoisotopic (exact) mass is 249 g/mol. The molecule has 0 unspecified atom stereocenters. The minimum Gasteiger partial charge on any atom is -0.395 e. The van der Waals surface area contributed by atoms with Crippen molar-refractivity contribution in [2.45, 2.75) is 26.2 Å². The van der Waals surface area contributed by atoms with Gasteiger partial charge < -0.3 is 15.0 Å². The summed E-state index contributed by atoms with van der Waals surface area (Å²) in [5.74, 6) is -0.141. The molecule has 0 fully saturated rings. The lowest BCUT2D eigenvalue weighted by atomic mass is 10.2. The van der Waals surface area contributed by atoms with Crippen molar-refractivity contribution in [1.82, 2.24) is 9.88 Å².